The summed E-state index contributed by atoms with van der Waals surface area (Å²) < 4.78 is 5.43. The fraction of sp³-hybridized carbons (Fsp3) is 0.455. The average Bonchev–Trinajstić information content (AvgIpc) is 2.38. The number of benzene rings is 1. The number of rotatable bonds is 7. The number of hydrogen-bond donors (Lipinski definition) is 0. The van der Waals surface area contributed by atoms with Crippen LogP contribution < -0.4 is 0 Å². The van der Waals surface area contributed by atoms with E-state index in [1.54, 1.807) is 0 Å². The molecule has 0 amide bonds. The van der Waals surface area contributed by atoms with E-state index in [0.717, 1.165) is 16.2 Å². The van der Waals surface area contributed by atoms with Crippen molar-refractivity contribution in [3.8, 4) is 0 Å². The van der Waals surface area contributed by atoms with Crippen LogP contribution in [0, 0.1) is 0 Å². The minimum atomic E-state index is 0.375. The van der Waals surface area contributed by atoms with Crippen LogP contribution in [0.3, 0.4) is 0 Å². The molecule has 92 valence electrons. The molecule has 17 heavy (non-hydrogen) atoms. The lowest BCUT2D eigenvalue weighted by Crippen LogP contribution is -1.99. The van der Waals surface area contributed by atoms with Crippen molar-refractivity contribution in [3.05, 3.63) is 45.3 Å². The molecule has 0 saturated carbocycles. The predicted molar refractivity (Wildman–Crippen MR) is 75.4 cm³/mol. The maximum atomic E-state index is 8.11. The SMILES string of the molecule is [N-]=[N+]=NCCOCc1cc(CBr)cc(CBr)c1. The molecular weight excluding hydrogens is 350 g/mol. The highest BCUT2D eigenvalue weighted by atomic mass is 79.9. The van der Waals surface area contributed by atoms with Crippen LogP contribution in [-0.2, 0) is 22.0 Å². The monoisotopic (exact) mass is 361 g/mol. The number of azide groups is 1. The molecule has 0 aromatic heterocycles. The van der Waals surface area contributed by atoms with Gasteiger partial charge in [-0.1, -0.05) is 55.2 Å². The largest absolute Gasteiger partial charge is 0.377 e. The van der Waals surface area contributed by atoms with Gasteiger partial charge in [0.15, 0.2) is 0 Å². The Morgan fingerprint density at radius 2 is 1.71 bits per heavy atom. The first-order chi connectivity index (χ1) is 8.30. The van der Waals surface area contributed by atoms with Crippen molar-refractivity contribution in [2.75, 3.05) is 13.2 Å². The smallest absolute Gasteiger partial charge is 0.0717 e. The first kappa shape index (κ1) is 14.5. The summed E-state index contributed by atoms with van der Waals surface area (Å²) in [5.41, 5.74) is 11.7. The minimum Gasteiger partial charge on any atom is -0.377 e. The van der Waals surface area contributed by atoms with Gasteiger partial charge in [-0.05, 0) is 22.2 Å². The Labute approximate surface area is 117 Å². The van der Waals surface area contributed by atoms with Gasteiger partial charge in [0.05, 0.1) is 13.2 Å². The second-order valence-electron chi connectivity index (χ2n) is 3.43. The minimum absolute atomic E-state index is 0.375. The van der Waals surface area contributed by atoms with Crippen LogP contribution >= 0.6 is 31.9 Å². The Hall–Kier alpha value is -0.550. The maximum Gasteiger partial charge on any atom is 0.0717 e. The summed E-state index contributed by atoms with van der Waals surface area (Å²) in [4.78, 5) is 2.67. The van der Waals surface area contributed by atoms with E-state index in [1.165, 1.54) is 11.1 Å². The van der Waals surface area contributed by atoms with Gasteiger partial charge in [-0.25, -0.2) is 0 Å². The first-order valence-electron chi connectivity index (χ1n) is 5.12. The quantitative estimate of drug-likeness (QED) is 0.234. The van der Waals surface area contributed by atoms with E-state index in [4.69, 9.17) is 10.3 Å². The number of hydrogen-bond acceptors (Lipinski definition) is 2. The van der Waals surface area contributed by atoms with E-state index in [2.05, 4.69) is 60.1 Å². The predicted octanol–water partition coefficient (Wildman–Crippen LogP) is 4.30. The number of ether oxygens (including phenoxy) is 1. The lowest BCUT2D eigenvalue weighted by atomic mass is 10.1. The van der Waals surface area contributed by atoms with Gasteiger partial charge in [0.25, 0.3) is 0 Å². The Kier molecular flexibility index (Phi) is 7.28. The highest BCUT2D eigenvalue weighted by Crippen LogP contribution is 2.16. The lowest BCUT2D eigenvalue weighted by molar-refractivity contribution is 0.128. The first-order valence-corrected chi connectivity index (χ1v) is 7.36. The summed E-state index contributed by atoms with van der Waals surface area (Å²) in [6.07, 6.45) is 0. The van der Waals surface area contributed by atoms with Crippen molar-refractivity contribution in [1.29, 1.82) is 0 Å². The molecule has 0 saturated heterocycles. The summed E-state index contributed by atoms with van der Waals surface area (Å²) in [5, 5.41) is 5.08. The maximum absolute atomic E-state index is 8.11. The molecule has 0 unspecified atom stereocenters. The van der Waals surface area contributed by atoms with E-state index in [1.807, 2.05) is 0 Å². The van der Waals surface area contributed by atoms with Gasteiger partial charge in [-0.15, -0.1) is 0 Å². The third kappa shape index (κ3) is 5.55. The normalized spacial score (nSPS) is 10.0. The van der Waals surface area contributed by atoms with Gasteiger partial charge < -0.3 is 4.74 Å². The van der Waals surface area contributed by atoms with Crippen molar-refractivity contribution >= 4 is 31.9 Å². The van der Waals surface area contributed by atoms with Crippen LogP contribution in [0.25, 0.3) is 10.4 Å². The van der Waals surface area contributed by atoms with Crippen molar-refractivity contribution < 1.29 is 4.74 Å². The van der Waals surface area contributed by atoms with E-state index in [0.29, 0.717) is 19.8 Å². The summed E-state index contributed by atoms with van der Waals surface area (Å²) in [6.45, 7) is 1.37. The molecule has 0 spiro atoms. The second-order valence-corrected chi connectivity index (χ2v) is 4.55. The molecule has 1 aromatic carbocycles. The summed E-state index contributed by atoms with van der Waals surface area (Å²) in [7, 11) is 0. The highest BCUT2D eigenvalue weighted by molar-refractivity contribution is 9.08. The van der Waals surface area contributed by atoms with Crippen LogP contribution in [-0.4, -0.2) is 13.2 Å². The molecule has 0 fully saturated rings. The molecular formula is C11H13Br2N3O. The van der Waals surface area contributed by atoms with Gasteiger partial charge in [-0.2, -0.15) is 0 Å². The molecule has 0 bridgehead atoms. The molecule has 0 atom stereocenters. The molecule has 0 aliphatic carbocycles. The van der Waals surface area contributed by atoms with Crippen molar-refractivity contribution in [1.82, 2.24) is 0 Å². The van der Waals surface area contributed by atoms with Crippen LogP contribution in [0.15, 0.2) is 23.3 Å². The van der Waals surface area contributed by atoms with Crippen LogP contribution in [0.5, 0.6) is 0 Å². The summed E-state index contributed by atoms with van der Waals surface area (Å²) in [6, 6.07) is 6.36. The highest BCUT2D eigenvalue weighted by Gasteiger charge is 2.00. The molecule has 0 radical (unpaired) electrons. The third-order valence-electron chi connectivity index (χ3n) is 2.09. The van der Waals surface area contributed by atoms with Crippen LogP contribution in [0.4, 0.5) is 0 Å². The number of alkyl halides is 2. The van der Waals surface area contributed by atoms with E-state index < -0.39 is 0 Å². The molecule has 1 rings (SSSR count). The van der Waals surface area contributed by atoms with Gasteiger partial charge >= 0.3 is 0 Å². The molecule has 6 heteroatoms. The van der Waals surface area contributed by atoms with E-state index in [9.17, 15) is 0 Å². The summed E-state index contributed by atoms with van der Waals surface area (Å²) >= 11 is 6.89. The fourth-order valence-electron chi connectivity index (χ4n) is 1.42. The molecule has 0 heterocycles. The number of halogens is 2. The lowest BCUT2D eigenvalue weighted by Gasteiger charge is -2.07. The fourth-order valence-corrected chi connectivity index (χ4v) is 2.06. The van der Waals surface area contributed by atoms with Crippen molar-refractivity contribution in [2.45, 2.75) is 17.3 Å². The van der Waals surface area contributed by atoms with Crippen molar-refractivity contribution in [2.24, 2.45) is 5.11 Å². The Morgan fingerprint density at radius 1 is 1.12 bits per heavy atom. The van der Waals surface area contributed by atoms with Crippen LogP contribution in [0.2, 0.25) is 0 Å². The van der Waals surface area contributed by atoms with Gasteiger partial charge in [0, 0.05) is 22.1 Å². The molecule has 0 aliphatic rings. The third-order valence-corrected chi connectivity index (χ3v) is 3.38. The zero-order chi connectivity index (χ0) is 12.5. The molecule has 4 nitrogen and oxygen atoms in total. The second kappa shape index (κ2) is 8.53. The van der Waals surface area contributed by atoms with Gasteiger partial charge in [0.1, 0.15) is 0 Å². The average molecular weight is 363 g/mol. The standard InChI is InChI=1S/C11H13Br2N3O/c12-6-9-3-10(7-13)5-11(4-9)8-17-2-1-15-16-14/h3-5H,1-2,6-8H2. The van der Waals surface area contributed by atoms with E-state index >= 15 is 0 Å². The topological polar surface area (TPSA) is 58.0 Å². The summed E-state index contributed by atoms with van der Waals surface area (Å²) in [5.74, 6) is 0. The van der Waals surface area contributed by atoms with Gasteiger partial charge in [-0.3, -0.25) is 0 Å². The van der Waals surface area contributed by atoms with Crippen LogP contribution in [0.1, 0.15) is 16.7 Å². The molecule has 0 aliphatic heterocycles. The Morgan fingerprint density at radius 3 is 2.24 bits per heavy atom. The Bertz CT molecular complexity index is 383. The molecule has 1 aromatic rings. The van der Waals surface area contributed by atoms with Gasteiger partial charge in [0.2, 0.25) is 0 Å². The Balaban J connectivity index is 2.54. The van der Waals surface area contributed by atoms with Crippen molar-refractivity contribution in [3.63, 3.8) is 0 Å². The zero-order valence-electron chi connectivity index (χ0n) is 9.27. The van der Waals surface area contributed by atoms with E-state index in [-0.39, 0.29) is 0 Å². The zero-order valence-corrected chi connectivity index (χ0v) is 12.4. The number of nitrogens with zero attached hydrogens (tertiary/aromatic N) is 3. The molecule has 0 N–H and O–H groups in total.